The van der Waals surface area contributed by atoms with Crippen molar-refractivity contribution in [3.8, 4) is 23.0 Å². The van der Waals surface area contributed by atoms with Crippen LogP contribution < -0.4 is 65.8 Å². The Bertz CT molecular complexity index is 3060. The molecule has 0 aliphatic carbocycles. The highest BCUT2D eigenvalue weighted by Gasteiger charge is 2.40. The first-order chi connectivity index (χ1) is 36.7. The quantitative estimate of drug-likeness (QED) is 0.0388. The molecule has 4 aliphatic rings. The Hall–Kier alpha value is -8.32. The fourth-order valence-corrected chi connectivity index (χ4v) is 10.3. The Labute approximate surface area is 441 Å². The molecule has 76 heavy (non-hydrogen) atoms. The highest BCUT2D eigenvalue weighted by atomic mass is 16.5. The fourth-order valence-electron chi connectivity index (χ4n) is 10.3. The summed E-state index contributed by atoms with van der Waals surface area (Å²) in [5.41, 5.74) is 13.3. The third-order valence-electron chi connectivity index (χ3n) is 14.1. The largest absolute Gasteiger partial charge is 0.493 e. The van der Waals surface area contributed by atoms with Gasteiger partial charge in [0, 0.05) is 68.7 Å². The number of nitrogens with zero attached hydrogens (tertiary/aromatic N) is 3. The molecule has 0 aromatic heterocycles. The number of methoxy groups -OCH3 is 2. The van der Waals surface area contributed by atoms with Gasteiger partial charge in [-0.1, -0.05) is 43.3 Å². The lowest BCUT2D eigenvalue weighted by Crippen LogP contribution is -2.50. The van der Waals surface area contributed by atoms with E-state index in [1.807, 2.05) is 72.3 Å². The van der Waals surface area contributed by atoms with E-state index in [2.05, 4.69) is 49.2 Å². The number of unbranched alkanes of at least 4 members (excludes halogenated alkanes) is 1. The molecule has 0 spiro atoms. The molecule has 6 amide bonds. The van der Waals surface area contributed by atoms with E-state index >= 15 is 0 Å². The molecular weight excluding hydrogens is 971 g/mol. The monoisotopic (exact) mass is 1040 g/mol. The molecule has 5 aromatic carbocycles. The zero-order valence-corrected chi connectivity index (χ0v) is 43.7. The summed E-state index contributed by atoms with van der Waals surface area (Å²) in [6.45, 7) is 6.68. The smallest absolute Gasteiger partial charge is 0.260 e. The number of hydrazine groups is 1. The number of rotatable bonds is 20. The number of para-hydroxylation sites is 2. The Balaban J connectivity index is 0.921. The molecule has 0 unspecified atom stereocenters. The molecule has 19 nitrogen and oxygen atoms in total. The van der Waals surface area contributed by atoms with Crippen molar-refractivity contribution in [3.63, 3.8) is 0 Å². The van der Waals surface area contributed by atoms with Gasteiger partial charge in [0.1, 0.15) is 25.3 Å². The first kappa shape index (κ1) is 52.5. The summed E-state index contributed by atoms with van der Waals surface area (Å²) in [5.74, 6) is -0.339. The molecule has 0 bridgehead atoms. The van der Waals surface area contributed by atoms with Crippen molar-refractivity contribution in [2.45, 2.75) is 96.7 Å². The van der Waals surface area contributed by atoms with Gasteiger partial charge < -0.3 is 54.9 Å². The van der Waals surface area contributed by atoms with Gasteiger partial charge in [-0.25, -0.2) is 5.43 Å². The lowest BCUT2D eigenvalue weighted by molar-refractivity contribution is -0.130. The van der Waals surface area contributed by atoms with Gasteiger partial charge in [0.25, 0.3) is 11.8 Å². The minimum absolute atomic E-state index is 0.00452. The average Bonchev–Trinajstić information content (AvgIpc) is 3.96. The van der Waals surface area contributed by atoms with Crippen LogP contribution in [0.15, 0.2) is 91.0 Å². The van der Waals surface area contributed by atoms with Crippen molar-refractivity contribution in [2.24, 2.45) is 0 Å². The average molecular weight is 1040 g/mol. The van der Waals surface area contributed by atoms with Gasteiger partial charge in [-0.15, -0.1) is 0 Å². The van der Waals surface area contributed by atoms with Crippen LogP contribution in [0.5, 0.6) is 23.0 Å². The van der Waals surface area contributed by atoms with E-state index < -0.39 is 23.9 Å². The molecule has 4 atom stereocenters. The zero-order valence-electron chi connectivity index (χ0n) is 43.7. The topological polar surface area (TPSA) is 221 Å². The Morgan fingerprint density at radius 3 is 1.87 bits per heavy atom. The maximum atomic E-state index is 14.3. The number of hydrogen-bond acceptors (Lipinski definition) is 13. The fraction of sp³-hybridized carbons (Fsp3) is 0.368. The second-order valence-electron chi connectivity index (χ2n) is 19.6. The SMILES string of the molecule is CCNNC(=O)CCCCC(=O)N[C@@H](C)C(=O)N[C@@H](C)C(=O)Nc1cc(COc2cc3c(cc2OC)C(=O)N2c4ccccc4C[C@H]2CN3)cc(COc2cc3c(cc2OC)C(=O)N2c4ccccc4C[C@H]2CN3C)c1. The van der Waals surface area contributed by atoms with Crippen molar-refractivity contribution >= 4 is 63.9 Å². The van der Waals surface area contributed by atoms with Crippen LogP contribution in [-0.2, 0) is 45.2 Å². The Morgan fingerprint density at radius 2 is 1.22 bits per heavy atom. The van der Waals surface area contributed by atoms with Gasteiger partial charge in [0.2, 0.25) is 23.6 Å². The highest BCUT2D eigenvalue weighted by Crippen LogP contribution is 2.43. The standard InChI is InChI=1S/C57H65N9O10/c1-7-59-63-53(68)19-13-12-18-52(67)60-33(2)54(69)61-34(3)55(70)62-39-21-35(31-75-50-27-44-42(25-48(50)73-5)56(71)65-40(29-58-44)23-37-14-8-10-16-45(37)65)20-36(22-39)32-76-51-28-47-43(26-49(51)74-6)57(72)66-41(30-64(47)4)24-38-15-9-11-17-46(38)66/h8-11,14-17,20-22,25-28,33-34,40-41,58-59H,7,12-13,18-19,23-24,29-32H2,1-6H3,(H,60,67)(H,61,69)(H,62,70)(H,63,68)/t33-,34-,40-,41-/m0/s1. The maximum absolute atomic E-state index is 14.3. The molecule has 0 saturated heterocycles. The van der Waals surface area contributed by atoms with Gasteiger partial charge >= 0.3 is 0 Å². The summed E-state index contributed by atoms with van der Waals surface area (Å²) < 4.78 is 24.6. The summed E-state index contributed by atoms with van der Waals surface area (Å²) in [4.78, 5) is 85.7. The van der Waals surface area contributed by atoms with E-state index in [1.165, 1.54) is 21.1 Å². The molecule has 0 radical (unpaired) electrons. The summed E-state index contributed by atoms with van der Waals surface area (Å²) >= 11 is 0. The van der Waals surface area contributed by atoms with Gasteiger partial charge in [0.05, 0.1) is 48.8 Å². The lowest BCUT2D eigenvalue weighted by Gasteiger charge is -2.25. The number of fused-ring (bicyclic) bond motifs is 8. The van der Waals surface area contributed by atoms with E-state index in [0.29, 0.717) is 94.8 Å². The van der Waals surface area contributed by atoms with Gasteiger partial charge in [-0.2, -0.15) is 0 Å². The summed E-state index contributed by atoms with van der Waals surface area (Å²) in [6.07, 6.45) is 2.82. The molecule has 398 valence electrons. The number of anilines is 5. The van der Waals surface area contributed by atoms with Crippen LogP contribution in [0.3, 0.4) is 0 Å². The molecule has 4 heterocycles. The maximum Gasteiger partial charge on any atom is 0.260 e. The Morgan fingerprint density at radius 1 is 0.658 bits per heavy atom. The van der Waals surface area contributed by atoms with Crippen LogP contribution in [0, 0.1) is 0 Å². The van der Waals surface area contributed by atoms with E-state index in [-0.39, 0.29) is 61.8 Å². The van der Waals surface area contributed by atoms with E-state index in [4.69, 9.17) is 18.9 Å². The normalized spacial score (nSPS) is 16.7. The lowest BCUT2D eigenvalue weighted by atomic mass is 10.1. The predicted molar refractivity (Wildman–Crippen MR) is 288 cm³/mol. The number of benzene rings is 5. The third kappa shape index (κ3) is 11.3. The molecule has 4 aliphatic heterocycles. The number of ether oxygens (including phenoxy) is 4. The van der Waals surface area contributed by atoms with Crippen LogP contribution in [-0.4, -0.2) is 101 Å². The minimum Gasteiger partial charge on any atom is -0.493 e. The minimum atomic E-state index is -1.02. The van der Waals surface area contributed by atoms with E-state index in [0.717, 1.165) is 35.3 Å². The van der Waals surface area contributed by atoms with Crippen LogP contribution >= 0.6 is 0 Å². The third-order valence-corrected chi connectivity index (χ3v) is 14.1. The van der Waals surface area contributed by atoms with Crippen molar-refractivity contribution < 1.29 is 47.7 Å². The number of amides is 6. The first-order valence-corrected chi connectivity index (χ1v) is 25.8. The van der Waals surface area contributed by atoms with Crippen molar-refractivity contribution in [1.29, 1.82) is 0 Å². The van der Waals surface area contributed by atoms with Crippen LogP contribution in [0.25, 0.3) is 0 Å². The highest BCUT2D eigenvalue weighted by molar-refractivity contribution is 6.13. The number of nitrogens with one attached hydrogen (secondary N) is 6. The molecule has 9 rings (SSSR count). The van der Waals surface area contributed by atoms with E-state index in [1.54, 1.807) is 37.3 Å². The van der Waals surface area contributed by atoms with E-state index in [9.17, 15) is 28.8 Å². The molecule has 19 heteroatoms. The number of carbonyl (C=O) groups is 6. The summed E-state index contributed by atoms with van der Waals surface area (Å²) in [5, 5.41) is 11.8. The number of carbonyl (C=O) groups excluding carboxylic acids is 6. The van der Waals surface area contributed by atoms with Crippen molar-refractivity contribution in [1.82, 2.24) is 21.5 Å². The van der Waals surface area contributed by atoms with Crippen LogP contribution in [0.2, 0.25) is 0 Å². The molecule has 5 aromatic rings. The van der Waals surface area contributed by atoms with Crippen LogP contribution in [0.1, 0.15) is 89.4 Å². The van der Waals surface area contributed by atoms with Crippen molar-refractivity contribution in [3.05, 3.63) is 124 Å². The van der Waals surface area contributed by atoms with Gasteiger partial charge in [0.15, 0.2) is 23.0 Å². The summed E-state index contributed by atoms with van der Waals surface area (Å²) in [7, 11) is 5.00. The molecular formula is C57H65N9O10. The van der Waals surface area contributed by atoms with Gasteiger partial charge in [-0.05, 0) is 104 Å². The Kier molecular flexibility index (Phi) is 15.9. The molecule has 6 N–H and O–H groups in total. The summed E-state index contributed by atoms with van der Waals surface area (Å²) in [6, 6.07) is 26.2. The van der Waals surface area contributed by atoms with Gasteiger partial charge in [-0.3, -0.25) is 34.2 Å². The van der Waals surface area contributed by atoms with Crippen LogP contribution in [0.4, 0.5) is 28.4 Å². The first-order valence-electron chi connectivity index (χ1n) is 25.8. The molecule has 0 fully saturated rings. The number of hydrogen-bond donors (Lipinski definition) is 6. The molecule has 0 saturated carbocycles. The number of likely N-dealkylation sites (N-methyl/N-ethyl adjacent to an activating group) is 1. The second-order valence-corrected chi connectivity index (χ2v) is 19.6. The second kappa shape index (κ2) is 23.1. The zero-order chi connectivity index (χ0) is 53.6. The van der Waals surface area contributed by atoms with Crippen molar-refractivity contribution in [2.75, 3.05) is 66.2 Å². The predicted octanol–water partition coefficient (Wildman–Crippen LogP) is 6.03.